The second kappa shape index (κ2) is 8.46. The van der Waals surface area contributed by atoms with Crippen LogP contribution in [0.4, 0.5) is 4.39 Å². The number of hydrogen-bond donors (Lipinski definition) is 2. The zero-order valence-corrected chi connectivity index (χ0v) is 20.8. The van der Waals surface area contributed by atoms with E-state index < -0.39 is 21.9 Å². The maximum atomic E-state index is 13.9. The molecule has 5 rings (SSSR count). The van der Waals surface area contributed by atoms with Gasteiger partial charge in [-0.2, -0.15) is 4.31 Å². The maximum Gasteiger partial charge on any atom is 0.244 e. The fourth-order valence-electron chi connectivity index (χ4n) is 4.72. The number of nitrogens with zero attached hydrogens (tertiary/aromatic N) is 2. The molecule has 1 aliphatic heterocycles. The summed E-state index contributed by atoms with van der Waals surface area (Å²) < 4.78 is 42.7. The van der Waals surface area contributed by atoms with E-state index >= 15 is 0 Å². The van der Waals surface area contributed by atoms with Crippen LogP contribution < -0.4 is 0 Å². The number of aromatic nitrogens is 2. The molecule has 1 saturated heterocycles. The largest absolute Gasteiger partial charge is 0.392 e. The van der Waals surface area contributed by atoms with Crippen LogP contribution in [0.25, 0.3) is 22.6 Å². The Kier molecular flexibility index (Phi) is 5.89. The van der Waals surface area contributed by atoms with E-state index in [4.69, 9.17) is 11.6 Å². The van der Waals surface area contributed by atoms with Gasteiger partial charge in [0.25, 0.3) is 0 Å². The highest BCUT2D eigenvalue weighted by Gasteiger charge is 2.51. The molecule has 6 nitrogen and oxygen atoms in total. The Bertz CT molecular complexity index is 1330. The minimum Gasteiger partial charge on any atom is -0.392 e. The van der Waals surface area contributed by atoms with E-state index in [0.29, 0.717) is 51.9 Å². The molecule has 2 aromatic carbocycles. The summed E-state index contributed by atoms with van der Waals surface area (Å²) in [7, 11) is -3.92. The lowest BCUT2D eigenvalue weighted by Crippen LogP contribution is -2.38. The summed E-state index contributed by atoms with van der Waals surface area (Å²) in [5.74, 6) is 1.08. The van der Waals surface area contributed by atoms with E-state index in [1.807, 2.05) is 0 Å². The van der Waals surface area contributed by atoms with Gasteiger partial charge in [-0.25, -0.2) is 17.8 Å². The molecule has 0 spiro atoms. The Labute approximate surface area is 205 Å². The Balaban J connectivity index is 1.47. The summed E-state index contributed by atoms with van der Waals surface area (Å²) >= 11 is 9.47. The van der Waals surface area contributed by atoms with Crippen LogP contribution in [-0.4, -0.2) is 47.0 Å². The minimum atomic E-state index is -3.92. The highest BCUT2D eigenvalue weighted by molar-refractivity contribution is 9.10. The van der Waals surface area contributed by atoms with Crippen molar-refractivity contribution in [2.75, 3.05) is 13.1 Å². The van der Waals surface area contributed by atoms with Gasteiger partial charge in [0.1, 0.15) is 16.5 Å². The van der Waals surface area contributed by atoms with Gasteiger partial charge in [0.15, 0.2) is 0 Å². The average Bonchev–Trinajstić information content (AvgIpc) is 3.17. The number of sulfonamides is 1. The third-order valence-electron chi connectivity index (χ3n) is 6.76. The van der Waals surface area contributed by atoms with Crippen LogP contribution in [-0.2, 0) is 10.0 Å². The summed E-state index contributed by atoms with van der Waals surface area (Å²) in [4.78, 5) is 7.46. The normalized spacial score (nSPS) is 25.5. The Morgan fingerprint density at radius 3 is 2.70 bits per heavy atom. The quantitative estimate of drug-likeness (QED) is 0.479. The number of nitrogens with one attached hydrogen (secondary N) is 1. The number of aliphatic hydroxyl groups is 1. The molecule has 174 valence electrons. The number of aromatic amines is 1. The monoisotopic (exact) mass is 553 g/mol. The van der Waals surface area contributed by atoms with E-state index in [2.05, 4.69) is 32.8 Å². The first-order valence-electron chi connectivity index (χ1n) is 10.6. The molecule has 3 unspecified atom stereocenters. The van der Waals surface area contributed by atoms with Crippen LogP contribution in [0.15, 0.2) is 52.0 Å². The number of aliphatic hydroxyl groups excluding tert-OH is 1. The van der Waals surface area contributed by atoms with Gasteiger partial charge in [-0.15, -0.1) is 0 Å². The molecule has 3 aromatic rings. The molecule has 1 aromatic heterocycles. The van der Waals surface area contributed by atoms with Crippen molar-refractivity contribution in [1.29, 1.82) is 0 Å². The SMILES string of the molecule is CC1C2C[C@H](O)CN(S(=O)(=O)c3cc(-c4ncc(-c5ccc(Br)c(F)c5)[nH]4)ccc3Cl)CC12. The molecule has 33 heavy (non-hydrogen) atoms. The van der Waals surface area contributed by atoms with Crippen LogP contribution in [0.3, 0.4) is 0 Å². The smallest absolute Gasteiger partial charge is 0.244 e. The first-order chi connectivity index (χ1) is 15.6. The van der Waals surface area contributed by atoms with Gasteiger partial charge in [0, 0.05) is 24.2 Å². The number of H-pyrrole nitrogens is 1. The molecule has 2 heterocycles. The third-order valence-corrected chi connectivity index (χ3v) is 9.72. The van der Waals surface area contributed by atoms with E-state index in [9.17, 15) is 17.9 Å². The van der Waals surface area contributed by atoms with Crippen molar-refractivity contribution in [3.8, 4) is 22.6 Å². The molecule has 0 radical (unpaired) electrons. The highest BCUT2D eigenvalue weighted by atomic mass is 79.9. The molecule has 2 fully saturated rings. The predicted octanol–water partition coefficient (Wildman–Crippen LogP) is 4.94. The summed E-state index contributed by atoms with van der Waals surface area (Å²) in [6, 6.07) is 9.45. The third kappa shape index (κ3) is 4.25. The Hall–Kier alpha value is -1.78. The molecular weight excluding hydrogens is 533 g/mol. The number of fused-ring (bicyclic) bond motifs is 1. The Morgan fingerprint density at radius 2 is 1.94 bits per heavy atom. The second-order valence-electron chi connectivity index (χ2n) is 8.82. The number of benzene rings is 2. The highest BCUT2D eigenvalue weighted by Crippen LogP contribution is 2.51. The van der Waals surface area contributed by atoms with Gasteiger partial charge in [-0.1, -0.05) is 24.6 Å². The number of hydrogen-bond acceptors (Lipinski definition) is 4. The fraction of sp³-hybridized carbons (Fsp3) is 0.348. The van der Waals surface area contributed by atoms with Crippen LogP contribution in [0, 0.1) is 23.6 Å². The molecule has 0 amide bonds. The van der Waals surface area contributed by atoms with Gasteiger partial charge in [0.05, 0.1) is 27.5 Å². The topological polar surface area (TPSA) is 86.3 Å². The van der Waals surface area contributed by atoms with Crippen LogP contribution in [0.5, 0.6) is 0 Å². The molecule has 2 N–H and O–H groups in total. The summed E-state index contributed by atoms with van der Waals surface area (Å²) in [5, 5.41) is 10.5. The van der Waals surface area contributed by atoms with Crippen molar-refractivity contribution >= 4 is 37.6 Å². The van der Waals surface area contributed by atoms with E-state index in [-0.39, 0.29) is 22.4 Å². The number of imidazole rings is 1. The maximum absolute atomic E-state index is 13.9. The summed E-state index contributed by atoms with van der Waals surface area (Å²) in [6.07, 6.45) is 1.50. The molecule has 2 aliphatic rings. The molecule has 0 bridgehead atoms. The van der Waals surface area contributed by atoms with Crippen molar-refractivity contribution in [2.24, 2.45) is 17.8 Å². The molecule has 4 atom stereocenters. The number of β-amino-alcohol motifs (C(OH)–C–C–N with tert-alkyl or cyclic N) is 1. The Morgan fingerprint density at radius 1 is 1.18 bits per heavy atom. The fourth-order valence-corrected chi connectivity index (χ4v) is 6.99. The number of halogens is 3. The van der Waals surface area contributed by atoms with Crippen molar-refractivity contribution in [1.82, 2.24) is 14.3 Å². The van der Waals surface area contributed by atoms with Crippen molar-refractivity contribution in [2.45, 2.75) is 24.3 Å². The van der Waals surface area contributed by atoms with Gasteiger partial charge in [0.2, 0.25) is 10.0 Å². The van der Waals surface area contributed by atoms with Gasteiger partial charge in [-0.05, 0) is 70.4 Å². The minimum absolute atomic E-state index is 0.0201. The lowest BCUT2D eigenvalue weighted by molar-refractivity contribution is 0.138. The average molecular weight is 555 g/mol. The van der Waals surface area contributed by atoms with Crippen molar-refractivity contribution in [3.63, 3.8) is 0 Å². The lowest BCUT2D eigenvalue weighted by Gasteiger charge is -2.24. The van der Waals surface area contributed by atoms with E-state index in [0.717, 1.165) is 0 Å². The van der Waals surface area contributed by atoms with Crippen molar-refractivity contribution in [3.05, 3.63) is 57.9 Å². The van der Waals surface area contributed by atoms with E-state index in [1.165, 1.54) is 22.5 Å². The molecular formula is C23H22BrClFN3O3S. The second-order valence-corrected chi connectivity index (χ2v) is 12.0. The standard InChI is InChI=1S/C23H22BrClFN3O3S/c1-12-16-8-15(30)10-29(11-17(12)16)33(31,32)22-7-14(3-5-19(22)25)23-27-9-21(28-23)13-2-4-18(24)20(26)6-13/h2-7,9,12,15-17,30H,8,10-11H2,1H3,(H,27,28)/t12?,15-,16?,17?/m0/s1. The predicted molar refractivity (Wildman–Crippen MR) is 128 cm³/mol. The summed E-state index contributed by atoms with van der Waals surface area (Å²) in [6.45, 7) is 2.53. The van der Waals surface area contributed by atoms with Crippen molar-refractivity contribution < 1.29 is 17.9 Å². The molecule has 1 aliphatic carbocycles. The van der Waals surface area contributed by atoms with Gasteiger partial charge < -0.3 is 10.1 Å². The zero-order valence-electron chi connectivity index (χ0n) is 17.7. The first-order valence-corrected chi connectivity index (χ1v) is 13.2. The van der Waals surface area contributed by atoms with Crippen LogP contribution in [0.1, 0.15) is 13.3 Å². The lowest BCUT2D eigenvalue weighted by atomic mass is 10.1. The zero-order chi connectivity index (χ0) is 23.5. The van der Waals surface area contributed by atoms with E-state index in [1.54, 1.807) is 24.4 Å². The van der Waals surface area contributed by atoms with Gasteiger partial charge in [-0.3, -0.25) is 0 Å². The van der Waals surface area contributed by atoms with Crippen LogP contribution >= 0.6 is 27.5 Å². The van der Waals surface area contributed by atoms with Crippen LogP contribution in [0.2, 0.25) is 5.02 Å². The first kappa shape index (κ1) is 23.0. The molecule has 10 heteroatoms. The van der Waals surface area contributed by atoms with Gasteiger partial charge >= 0.3 is 0 Å². The molecule has 1 saturated carbocycles. The number of rotatable bonds is 4. The summed E-state index contributed by atoms with van der Waals surface area (Å²) in [5.41, 5.74) is 1.75.